The Labute approximate surface area is 367 Å². The van der Waals surface area contributed by atoms with Crippen LogP contribution in [0.4, 0.5) is 0 Å². The quantitative estimate of drug-likeness (QED) is 0.0272. The summed E-state index contributed by atoms with van der Waals surface area (Å²) in [7, 11) is 0. The Hall–Kier alpha value is -3.20. The number of unbranched alkanes of at least 4 members (excludes halogenated alkanes) is 22. The van der Waals surface area contributed by atoms with E-state index in [0.717, 1.165) is 103 Å². The summed E-state index contributed by atoms with van der Waals surface area (Å²) < 4.78 is 6.05. The Morgan fingerprint density at radius 3 is 1.43 bits per heavy atom. The van der Waals surface area contributed by atoms with Crippen LogP contribution in [0.25, 0.3) is 0 Å². The molecule has 0 aliphatic heterocycles. The number of hydrogen-bond donors (Lipinski definition) is 4. The van der Waals surface area contributed by atoms with Crippen LogP contribution in [0.2, 0.25) is 0 Å². The van der Waals surface area contributed by atoms with Crippen molar-refractivity contribution in [2.75, 3.05) is 13.2 Å². The number of carboxylic acids is 1. The maximum Gasteiger partial charge on any atom is 0.328 e. The number of ether oxygens (including phenoxy) is 1. The van der Waals surface area contributed by atoms with E-state index in [0.29, 0.717) is 19.3 Å². The SMILES string of the molecule is CC/C=C\C/C=C\C/C=C\C/C=C\CCCCCCC(=O)OC(CCCCCCCCCCCCCCCCC)CCCCCCCC(=O)NCC(=O)NC(CO)C(=O)O. The van der Waals surface area contributed by atoms with Gasteiger partial charge in [-0.3, -0.25) is 14.4 Å². The molecule has 4 N–H and O–H groups in total. The molecule has 2 amide bonds. The summed E-state index contributed by atoms with van der Waals surface area (Å²) in [6.45, 7) is 3.39. The molecule has 0 heterocycles. The minimum atomic E-state index is -1.38. The van der Waals surface area contributed by atoms with Gasteiger partial charge in [0.05, 0.1) is 13.2 Å². The molecule has 0 bridgehead atoms. The van der Waals surface area contributed by atoms with Crippen molar-refractivity contribution in [1.82, 2.24) is 10.6 Å². The number of aliphatic carboxylic acids is 1. The number of allylic oxidation sites excluding steroid dienone is 8. The second kappa shape index (κ2) is 45.3. The molecule has 0 aromatic rings. The van der Waals surface area contributed by atoms with Crippen LogP contribution < -0.4 is 10.6 Å². The molecule has 0 aromatic heterocycles. The van der Waals surface area contributed by atoms with Crippen molar-refractivity contribution >= 4 is 23.8 Å². The first-order chi connectivity index (χ1) is 29.3. The summed E-state index contributed by atoms with van der Waals surface area (Å²) in [6, 6.07) is -1.38. The summed E-state index contributed by atoms with van der Waals surface area (Å²) >= 11 is 0. The highest BCUT2D eigenvalue weighted by Crippen LogP contribution is 2.19. The molecule has 346 valence electrons. The molecule has 0 saturated carbocycles. The molecule has 60 heavy (non-hydrogen) atoms. The number of rotatable bonds is 44. The zero-order valence-electron chi connectivity index (χ0n) is 38.5. The van der Waals surface area contributed by atoms with E-state index >= 15 is 0 Å². The summed E-state index contributed by atoms with van der Waals surface area (Å²) in [5.41, 5.74) is 0. The standard InChI is InChI=1S/C51H90N2O7/c1-3-5-7-9-11-13-15-17-19-20-22-24-26-28-30-35-39-43-50(57)60-46(40-36-32-29-27-25-23-21-18-16-14-12-10-8-6-4-2)41-37-33-31-34-38-42-48(55)52-44-49(56)53-47(45-54)51(58)59/h5,7,11,13,17,19,22,24,46-47,54H,3-4,6,8-10,12,14-16,18,20-21,23,25-45H2,1-2H3,(H,52,55)(H,53,56)(H,58,59)/b7-5-,13-11-,19-17-,24-22-. The van der Waals surface area contributed by atoms with Crippen molar-refractivity contribution < 1.29 is 34.1 Å². The first-order valence-electron chi connectivity index (χ1n) is 24.5. The lowest BCUT2D eigenvalue weighted by Crippen LogP contribution is -2.47. The van der Waals surface area contributed by atoms with Crippen LogP contribution >= 0.6 is 0 Å². The third-order valence-corrected chi connectivity index (χ3v) is 10.8. The van der Waals surface area contributed by atoms with Crippen LogP contribution in [-0.2, 0) is 23.9 Å². The zero-order chi connectivity index (χ0) is 44.0. The van der Waals surface area contributed by atoms with Crippen LogP contribution in [0.1, 0.15) is 226 Å². The van der Waals surface area contributed by atoms with Crippen LogP contribution in [0.3, 0.4) is 0 Å². The third-order valence-electron chi connectivity index (χ3n) is 10.8. The molecule has 0 spiro atoms. The fraction of sp³-hybridized carbons (Fsp3) is 0.765. The number of carbonyl (C=O) groups is 4. The Morgan fingerprint density at radius 1 is 0.517 bits per heavy atom. The van der Waals surface area contributed by atoms with E-state index in [2.05, 4.69) is 73.1 Å². The van der Waals surface area contributed by atoms with Gasteiger partial charge in [-0.05, 0) is 77.0 Å². The van der Waals surface area contributed by atoms with Gasteiger partial charge in [-0.1, -0.05) is 184 Å². The lowest BCUT2D eigenvalue weighted by Gasteiger charge is -2.18. The van der Waals surface area contributed by atoms with Gasteiger partial charge < -0.3 is 25.6 Å². The second-order valence-corrected chi connectivity index (χ2v) is 16.5. The molecular formula is C51H90N2O7. The molecule has 0 rings (SSSR count). The number of carbonyl (C=O) groups excluding carboxylic acids is 3. The largest absolute Gasteiger partial charge is 0.480 e. The summed E-state index contributed by atoms with van der Waals surface area (Å²) in [5, 5.41) is 22.6. The number of carboxylic acid groups (broad SMARTS) is 1. The molecular weight excluding hydrogens is 753 g/mol. The summed E-state index contributed by atoms with van der Waals surface area (Å²) in [4.78, 5) is 47.7. The van der Waals surface area contributed by atoms with Crippen LogP contribution in [0.5, 0.6) is 0 Å². The topological polar surface area (TPSA) is 142 Å². The molecule has 0 aliphatic carbocycles. The Bertz CT molecular complexity index is 1150. The van der Waals surface area contributed by atoms with Crippen molar-refractivity contribution in [2.24, 2.45) is 0 Å². The maximum atomic E-state index is 12.9. The van der Waals surface area contributed by atoms with Crippen molar-refractivity contribution in [3.05, 3.63) is 48.6 Å². The molecule has 9 heteroatoms. The van der Waals surface area contributed by atoms with Crippen LogP contribution in [-0.4, -0.2) is 59.3 Å². The second-order valence-electron chi connectivity index (χ2n) is 16.5. The maximum absolute atomic E-state index is 12.9. The Kier molecular flexibility index (Phi) is 42.9. The van der Waals surface area contributed by atoms with Gasteiger partial charge in [-0.15, -0.1) is 0 Å². The minimum absolute atomic E-state index is 0.0267. The monoisotopic (exact) mass is 843 g/mol. The summed E-state index contributed by atoms with van der Waals surface area (Å²) in [6.07, 6.45) is 54.2. The fourth-order valence-electron chi connectivity index (χ4n) is 7.12. The minimum Gasteiger partial charge on any atom is -0.480 e. The van der Waals surface area contributed by atoms with Crippen LogP contribution in [0.15, 0.2) is 48.6 Å². The number of hydrogen-bond acceptors (Lipinski definition) is 6. The average molecular weight is 843 g/mol. The van der Waals surface area contributed by atoms with E-state index in [1.807, 2.05) is 0 Å². The van der Waals surface area contributed by atoms with Gasteiger partial charge in [0.1, 0.15) is 12.1 Å². The molecule has 2 atom stereocenters. The molecule has 9 nitrogen and oxygen atoms in total. The number of aliphatic hydroxyl groups excluding tert-OH is 1. The van der Waals surface area contributed by atoms with Crippen molar-refractivity contribution in [3.8, 4) is 0 Å². The van der Waals surface area contributed by atoms with E-state index in [9.17, 15) is 19.2 Å². The van der Waals surface area contributed by atoms with Gasteiger partial charge in [0.25, 0.3) is 0 Å². The molecule has 0 aliphatic rings. The number of esters is 1. The molecule has 0 saturated heterocycles. The summed E-state index contributed by atoms with van der Waals surface area (Å²) in [5.74, 6) is -2.31. The first kappa shape index (κ1) is 56.8. The molecule has 2 unspecified atom stereocenters. The predicted octanol–water partition coefficient (Wildman–Crippen LogP) is 12.7. The number of amides is 2. The van der Waals surface area contributed by atoms with Crippen molar-refractivity contribution in [1.29, 1.82) is 0 Å². The Balaban J connectivity index is 4.37. The Morgan fingerprint density at radius 2 is 0.950 bits per heavy atom. The highest BCUT2D eigenvalue weighted by Gasteiger charge is 2.19. The lowest BCUT2D eigenvalue weighted by molar-refractivity contribution is -0.150. The zero-order valence-corrected chi connectivity index (χ0v) is 38.5. The average Bonchev–Trinajstić information content (AvgIpc) is 3.23. The fourth-order valence-corrected chi connectivity index (χ4v) is 7.12. The number of nitrogens with one attached hydrogen (secondary N) is 2. The first-order valence-corrected chi connectivity index (χ1v) is 24.5. The van der Waals surface area contributed by atoms with Gasteiger partial charge in [0.2, 0.25) is 11.8 Å². The van der Waals surface area contributed by atoms with Gasteiger partial charge >= 0.3 is 11.9 Å². The highest BCUT2D eigenvalue weighted by molar-refractivity contribution is 5.87. The third kappa shape index (κ3) is 41.5. The van der Waals surface area contributed by atoms with Gasteiger partial charge in [0.15, 0.2) is 0 Å². The molecule has 0 radical (unpaired) electrons. The molecule has 0 fully saturated rings. The highest BCUT2D eigenvalue weighted by atomic mass is 16.5. The smallest absolute Gasteiger partial charge is 0.328 e. The van der Waals surface area contributed by atoms with Crippen molar-refractivity contribution in [3.63, 3.8) is 0 Å². The van der Waals surface area contributed by atoms with Gasteiger partial charge in [-0.2, -0.15) is 0 Å². The van der Waals surface area contributed by atoms with E-state index in [1.54, 1.807) is 0 Å². The number of aliphatic hydroxyl groups is 1. The lowest BCUT2D eigenvalue weighted by atomic mass is 10.0. The van der Waals surface area contributed by atoms with Crippen LogP contribution in [0, 0.1) is 0 Å². The van der Waals surface area contributed by atoms with Gasteiger partial charge in [0, 0.05) is 12.8 Å². The predicted molar refractivity (Wildman–Crippen MR) is 250 cm³/mol. The van der Waals surface area contributed by atoms with E-state index in [1.165, 1.54) is 89.9 Å². The van der Waals surface area contributed by atoms with E-state index in [-0.39, 0.29) is 24.5 Å². The normalized spacial score (nSPS) is 12.8. The van der Waals surface area contributed by atoms with E-state index < -0.39 is 24.5 Å². The van der Waals surface area contributed by atoms with Gasteiger partial charge in [-0.25, -0.2) is 4.79 Å². The molecule has 0 aromatic carbocycles. The van der Waals surface area contributed by atoms with Crippen molar-refractivity contribution in [2.45, 2.75) is 238 Å². The van der Waals surface area contributed by atoms with E-state index in [4.69, 9.17) is 14.9 Å².